The number of benzene rings is 1. The fourth-order valence-corrected chi connectivity index (χ4v) is 3.72. The highest BCUT2D eigenvalue weighted by molar-refractivity contribution is 7.84. The van der Waals surface area contributed by atoms with E-state index in [2.05, 4.69) is 0 Å². The molecule has 104 valence electrons. The zero-order chi connectivity index (χ0) is 13.8. The maximum absolute atomic E-state index is 12.0. The second-order valence-electron chi connectivity index (χ2n) is 4.50. The SMILES string of the molecule is O=C(O)C1CCC(CS(=O)Cc2ccccc2Cl)O1. The van der Waals surface area contributed by atoms with E-state index >= 15 is 0 Å². The Bertz CT molecular complexity index is 491. The molecule has 0 aliphatic carbocycles. The average molecular weight is 303 g/mol. The van der Waals surface area contributed by atoms with Gasteiger partial charge in [-0.3, -0.25) is 4.21 Å². The second kappa shape index (κ2) is 6.50. The van der Waals surface area contributed by atoms with Crippen LogP contribution in [0.5, 0.6) is 0 Å². The third kappa shape index (κ3) is 4.03. The molecule has 0 amide bonds. The molecule has 1 heterocycles. The van der Waals surface area contributed by atoms with Gasteiger partial charge in [0.2, 0.25) is 0 Å². The lowest BCUT2D eigenvalue weighted by atomic mass is 10.2. The van der Waals surface area contributed by atoms with Crippen LogP contribution in [0.15, 0.2) is 24.3 Å². The van der Waals surface area contributed by atoms with Crippen LogP contribution < -0.4 is 0 Å². The van der Waals surface area contributed by atoms with Crippen LogP contribution in [-0.4, -0.2) is 33.2 Å². The molecule has 1 N–H and O–H groups in total. The highest BCUT2D eigenvalue weighted by Gasteiger charge is 2.31. The summed E-state index contributed by atoms with van der Waals surface area (Å²) < 4.78 is 17.4. The van der Waals surface area contributed by atoms with Crippen molar-refractivity contribution in [2.24, 2.45) is 0 Å². The normalized spacial score (nSPS) is 24.3. The molecule has 3 atom stereocenters. The van der Waals surface area contributed by atoms with Crippen LogP contribution in [0.2, 0.25) is 5.02 Å². The van der Waals surface area contributed by atoms with E-state index in [0.29, 0.717) is 29.4 Å². The van der Waals surface area contributed by atoms with E-state index in [9.17, 15) is 9.00 Å². The molecular weight excluding hydrogens is 288 g/mol. The van der Waals surface area contributed by atoms with Gasteiger partial charge in [0.1, 0.15) is 0 Å². The maximum atomic E-state index is 12.0. The monoisotopic (exact) mass is 302 g/mol. The number of halogens is 1. The molecule has 0 bridgehead atoms. The van der Waals surface area contributed by atoms with Gasteiger partial charge in [0, 0.05) is 15.8 Å². The predicted molar refractivity (Wildman–Crippen MR) is 73.7 cm³/mol. The topological polar surface area (TPSA) is 63.6 Å². The van der Waals surface area contributed by atoms with Crippen molar-refractivity contribution in [3.8, 4) is 0 Å². The first-order chi connectivity index (χ1) is 9.06. The molecule has 0 radical (unpaired) electrons. The first-order valence-corrected chi connectivity index (χ1v) is 7.89. The predicted octanol–water partition coefficient (Wildman–Crippen LogP) is 2.22. The molecular formula is C13H15ClO4S. The minimum absolute atomic E-state index is 0.232. The number of rotatable bonds is 5. The third-order valence-electron chi connectivity index (χ3n) is 3.03. The number of hydrogen-bond acceptors (Lipinski definition) is 3. The molecule has 1 aromatic rings. The van der Waals surface area contributed by atoms with Gasteiger partial charge in [-0.1, -0.05) is 29.8 Å². The summed E-state index contributed by atoms with van der Waals surface area (Å²) in [5, 5.41) is 9.42. The standard InChI is InChI=1S/C13H15ClO4S/c14-11-4-2-1-3-9(11)7-19(17)8-10-5-6-12(18-10)13(15)16/h1-4,10,12H,5-8H2,(H,15,16). The van der Waals surface area contributed by atoms with Crippen LogP contribution >= 0.6 is 11.6 Å². The summed E-state index contributed by atoms with van der Waals surface area (Å²) in [5.74, 6) is -0.217. The van der Waals surface area contributed by atoms with Crippen molar-refractivity contribution in [3.63, 3.8) is 0 Å². The van der Waals surface area contributed by atoms with E-state index in [1.165, 1.54) is 0 Å². The van der Waals surface area contributed by atoms with Gasteiger partial charge in [0.25, 0.3) is 0 Å². The Balaban J connectivity index is 1.86. The minimum Gasteiger partial charge on any atom is -0.479 e. The van der Waals surface area contributed by atoms with E-state index in [1.807, 2.05) is 18.2 Å². The highest BCUT2D eigenvalue weighted by Crippen LogP contribution is 2.22. The second-order valence-corrected chi connectivity index (χ2v) is 6.41. The van der Waals surface area contributed by atoms with E-state index in [4.69, 9.17) is 21.4 Å². The van der Waals surface area contributed by atoms with E-state index in [0.717, 1.165) is 5.56 Å². The first kappa shape index (κ1) is 14.5. The molecule has 6 heteroatoms. The summed E-state index contributed by atoms with van der Waals surface area (Å²) >= 11 is 6.01. The van der Waals surface area contributed by atoms with Crippen LogP contribution in [0.1, 0.15) is 18.4 Å². The molecule has 1 aliphatic heterocycles. The molecule has 0 aromatic heterocycles. The lowest BCUT2D eigenvalue weighted by Gasteiger charge is -2.11. The Morgan fingerprint density at radius 3 is 2.79 bits per heavy atom. The molecule has 0 saturated carbocycles. The number of carboxylic acid groups (broad SMARTS) is 1. The first-order valence-electron chi connectivity index (χ1n) is 6.03. The number of ether oxygens (including phenoxy) is 1. The summed E-state index contributed by atoms with van der Waals surface area (Å²) in [7, 11) is -1.10. The summed E-state index contributed by atoms with van der Waals surface area (Å²) in [6.07, 6.45) is 0.154. The fraction of sp³-hybridized carbons (Fsp3) is 0.462. The van der Waals surface area contributed by atoms with Crippen molar-refractivity contribution in [1.82, 2.24) is 0 Å². The highest BCUT2D eigenvalue weighted by atomic mass is 35.5. The molecule has 1 saturated heterocycles. The van der Waals surface area contributed by atoms with Gasteiger partial charge in [-0.15, -0.1) is 0 Å². The summed E-state index contributed by atoms with van der Waals surface area (Å²) in [5.41, 5.74) is 0.843. The lowest BCUT2D eigenvalue weighted by Crippen LogP contribution is -2.23. The molecule has 3 unspecified atom stereocenters. The maximum Gasteiger partial charge on any atom is 0.332 e. The smallest absolute Gasteiger partial charge is 0.332 e. The van der Waals surface area contributed by atoms with Crippen molar-refractivity contribution in [3.05, 3.63) is 34.9 Å². The van der Waals surface area contributed by atoms with Gasteiger partial charge in [-0.25, -0.2) is 4.79 Å². The molecule has 1 fully saturated rings. The van der Waals surface area contributed by atoms with Gasteiger partial charge in [0.15, 0.2) is 6.10 Å². The summed E-state index contributed by atoms with van der Waals surface area (Å²) in [6.45, 7) is 0. The van der Waals surface area contributed by atoms with E-state index < -0.39 is 22.9 Å². The number of hydrogen-bond donors (Lipinski definition) is 1. The van der Waals surface area contributed by atoms with Gasteiger partial charge < -0.3 is 9.84 Å². The third-order valence-corrected chi connectivity index (χ3v) is 4.77. The van der Waals surface area contributed by atoms with Crippen molar-refractivity contribution >= 4 is 28.4 Å². The van der Waals surface area contributed by atoms with Crippen LogP contribution in [0.4, 0.5) is 0 Å². The van der Waals surface area contributed by atoms with Crippen LogP contribution in [0.3, 0.4) is 0 Å². The van der Waals surface area contributed by atoms with Gasteiger partial charge in [-0.05, 0) is 24.5 Å². The Morgan fingerprint density at radius 1 is 1.42 bits per heavy atom. The van der Waals surface area contributed by atoms with Crippen molar-refractivity contribution in [1.29, 1.82) is 0 Å². The number of aliphatic carboxylic acids is 1. The molecule has 2 rings (SSSR count). The van der Waals surface area contributed by atoms with Gasteiger partial charge >= 0.3 is 5.97 Å². The lowest BCUT2D eigenvalue weighted by molar-refractivity contribution is -0.148. The average Bonchev–Trinajstić information content (AvgIpc) is 2.80. The van der Waals surface area contributed by atoms with Gasteiger partial charge in [-0.2, -0.15) is 0 Å². The molecule has 0 spiro atoms. The Labute approximate surface area is 119 Å². The number of carbonyl (C=O) groups is 1. The molecule has 19 heavy (non-hydrogen) atoms. The Morgan fingerprint density at radius 2 is 2.16 bits per heavy atom. The largest absolute Gasteiger partial charge is 0.479 e. The van der Waals surface area contributed by atoms with Crippen LogP contribution in [0.25, 0.3) is 0 Å². The van der Waals surface area contributed by atoms with E-state index in [-0.39, 0.29) is 6.10 Å². The van der Waals surface area contributed by atoms with Crippen LogP contribution in [-0.2, 0) is 26.1 Å². The van der Waals surface area contributed by atoms with Crippen LogP contribution in [0, 0.1) is 0 Å². The summed E-state index contributed by atoms with van der Waals surface area (Å²) in [4.78, 5) is 10.8. The minimum atomic E-state index is -1.10. The Hall–Kier alpha value is -0.910. The van der Waals surface area contributed by atoms with Crippen molar-refractivity contribution < 1.29 is 18.8 Å². The molecule has 4 nitrogen and oxygen atoms in total. The quantitative estimate of drug-likeness (QED) is 0.906. The molecule has 1 aliphatic rings. The van der Waals surface area contributed by atoms with Crippen molar-refractivity contribution in [2.75, 3.05) is 5.75 Å². The fourth-order valence-electron chi connectivity index (χ4n) is 2.07. The van der Waals surface area contributed by atoms with Crippen molar-refractivity contribution in [2.45, 2.75) is 30.8 Å². The van der Waals surface area contributed by atoms with E-state index in [1.54, 1.807) is 6.07 Å². The zero-order valence-electron chi connectivity index (χ0n) is 10.3. The number of carboxylic acids is 1. The zero-order valence-corrected chi connectivity index (χ0v) is 11.8. The molecule has 1 aromatic carbocycles. The Kier molecular flexibility index (Phi) is 4.96. The van der Waals surface area contributed by atoms with Gasteiger partial charge in [0.05, 0.1) is 17.6 Å². The summed E-state index contributed by atoms with van der Waals surface area (Å²) in [6, 6.07) is 7.29.